The normalized spacial score (nSPS) is 11.2. The van der Waals surface area contributed by atoms with Gasteiger partial charge >= 0.3 is 0 Å². The van der Waals surface area contributed by atoms with Crippen LogP contribution < -0.4 is 20.7 Å². The average Bonchev–Trinajstić information content (AvgIpc) is 2.89. The van der Waals surface area contributed by atoms with Gasteiger partial charge in [0.15, 0.2) is 6.61 Å². The molecule has 0 aliphatic carbocycles. The lowest BCUT2D eigenvalue weighted by Crippen LogP contribution is -2.33. The number of ether oxygens (including phenoxy) is 1. The summed E-state index contributed by atoms with van der Waals surface area (Å²) in [6.45, 7) is 1.08. The van der Waals surface area contributed by atoms with Crippen LogP contribution in [0.1, 0.15) is 24.1 Å². The number of hydrogen-bond donors (Lipinski definition) is 3. The summed E-state index contributed by atoms with van der Waals surface area (Å²) in [5.74, 6) is -0.238. The Hall–Kier alpha value is -4.01. The van der Waals surface area contributed by atoms with Crippen molar-refractivity contribution in [3.63, 3.8) is 0 Å². The van der Waals surface area contributed by atoms with Crippen LogP contribution in [0.25, 0.3) is 10.9 Å². The minimum Gasteiger partial charge on any atom is -0.505 e. The predicted octanol–water partition coefficient (Wildman–Crippen LogP) is 5.09. The van der Waals surface area contributed by atoms with Gasteiger partial charge in [-0.15, -0.1) is 0 Å². The first-order valence-electron chi connectivity index (χ1n) is 11.5. The number of anilines is 1. The van der Waals surface area contributed by atoms with Gasteiger partial charge in [-0.1, -0.05) is 47.5 Å². The van der Waals surface area contributed by atoms with E-state index in [2.05, 4.69) is 16.0 Å². The van der Waals surface area contributed by atoms with Crippen molar-refractivity contribution in [2.75, 3.05) is 25.6 Å². The van der Waals surface area contributed by atoms with Crippen LogP contribution in [-0.2, 0) is 9.59 Å². The molecule has 8 nitrogen and oxygen atoms in total. The molecule has 4 rings (SSSR count). The molecule has 1 atom stereocenters. The predicted molar refractivity (Wildman–Crippen MR) is 151 cm³/mol. The van der Waals surface area contributed by atoms with E-state index in [0.29, 0.717) is 37.8 Å². The molecule has 0 bridgehead atoms. The van der Waals surface area contributed by atoms with Gasteiger partial charge in [-0.3, -0.25) is 14.6 Å². The summed E-state index contributed by atoms with van der Waals surface area (Å²) < 4.78 is 5.71. The second kappa shape index (κ2) is 13.0. The van der Waals surface area contributed by atoms with E-state index < -0.39 is 11.9 Å². The third-order valence-electron chi connectivity index (χ3n) is 5.38. The monoisotopic (exact) mass is 554 g/mol. The van der Waals surface area contributed by atoms with Gasteiger partial charge in [0.05, 0.1) is 11.1 Å². The zero-order valence-corrected chi connectivity index (χ0v) is 22.6. The van der Waals surface area contributed by atoms with Gasteiger partial charge in [0.2, 0.25) is 5.91 Å². The van der Waals surface area contributed by atoms with Crippen LogP contribution in [0.4, 0.5) is 5.69 Å². The van der Waals surface area contributed by atoms with E-state index in [9.17, 15) is 14.7 Å². The first-order chi connectivity index (χ1) is 18.1. The van der Waals surface area contributed by atoms with Gasteiger partial charge in [-0.2, -0.15) is 0 Å². The summed E-state index contributed by atoms with van der Waals surface area (Å²) in [7, 11) is 3.85. The number of hydrogen-bond acceptors (Lipinski definition) is 6. The summed E-state index contributed by atoms with van der Waals surface area (Å²) in [5.41, 5.74) is 6.75. The smallest absolute Gasteiger partial charge is 0.258 e. The number of aromatic hydroxyl groups is 1. The molecule has 0 radical (unpaired) electrons. The average molecular weight is 555 g/mol. The number of amides is 2. The van der Waals surface area contributed by atoms with Crippen molar-refractivity contribution in [2.45, 2.75) is 13.0 Å². The highest BCUT2D eigenvalue weighted by Gasteiger charge is 2.25. The van der Waals surface area contributed by atoms with Crippen LogP contribution >= 0.6 is 23.2 Å². The Morgan fingerprint density at radius 3 is 2.42 bits per heavy atom. The minimum atomic E-state index is -0.776. The number of nitrogens with two attached hydrogens (primary N) is 1. The highest BCUT2D eigenvalue weighted by atomic mass is 35.5. The van der Waals surface area contributed by atoms with Gasteiger partial charge in [0.1, 0.15) is 17.0 Å². The number of halogens is 2. The summed E-state index contributed by atoms with van der Waals surface area (Å²) in [4.78, 5) is 28.4. The fourth-order valence-corrected chi connectivity index (χ4v) is 4.18. The Kier molecular flexibility index (Phi) is 9.76. The van der Waals surface area contributed by atoms with Crippen molar-refractivity contribution in [3.05, 3.63) is 94.1 Å². The number of aromatic nitrogens is 1. The van der Waals surface area contributed by atoms with Crippen LogP contribution in [0, 0.1) is 0 Å². The van der Waals surface area contributed by atoms with Crippen LogP contribution in [0.3, 0.4) is 0 Å². The lowest BCUT2D eigenvalue weighted by Gasteiger charge is -2.23. The number of pyridine rings is 1. The molecule has 198 valence electrons. The Morgan fingerprint density at radius 1 is 1.03 bits per heavy atom. The van der Waals surface area contributed by atoms with E-state index in [4.69, 9.17) is 27.9 Å². The fraction of sp³-hybridized carbons (Fsp3) is 0.179. The molecule has 1 unspecified atom stereocenters. The zero-order valence-electron chi connectivity index (χ0n) is 21.1. The second-order valence-corrected chi connectivity index (χ2v) is 9.32. The maximum Gasteiger partial charge on any atom is 0.258 e. The van der Waals surface area contributed by atoms with E-state index in [1.165, 1.54) is 6.92 Å². The molecule has 10 heteroatoms. The number of fused-ring (bicyclic) bond motifs is 1. The molecule has 2 amide bonds. The molecular weight excluding hydrogens is 527 g/mol. The van der Waals surface area contributed by atoms with E-state index in [1.54, 1.807) is 48.7 Å². The fourth-order valence-electron chi connectivity index (χ4n) is 3.66. The second-order valence-electron chi connectivity index (χ2n) is 8.51. The Bertz CT molecular complexity index is 1440. The number of nitrogens with one attached hydrogen (secondary N) is 1. The maximum atomic E-state index is 12.9. The summed E-state index contributed by atoms with van der Waals surface area (Å²) >= 11 is 13.0. The molecule has 4 aromatic rings. The third kappa shape index (κ3) is 7.27. The number of benzene rings is 3. The van der Waals surface area contributed by atoms with Crippen molar-refractivity contribution in [1.82, 2.24) is 10.3 Å². The molecule has 0 aliphatic heterocycles. The quantitative estimate of drug-likeness (QED) is 0.293. The molecule has 4 N–H and O–H groups in total. The van der Waals surface area contributed by atoms with Crippen molar-refractivity contribution in [1.29, 1.82) is 0 Å². The molecule has 0 aliphatic rings. The van der Waals surface area contributed by atoms with E-state index in [0.717, 1.165) is 5.69 Å². The standard InChI is InChI=1S/C26H23Cl2N3O3.C2H5NO/c1-31(2)16-7-5-8-17(13-16)34-15-23(32)30-24(18-9-3-4-11-21(18)27)20-14-22(28)19-10-6-12-29-25(19)26(20)33;1-2(3)4/h3-14,24,33H,15H2,1-2H3,(H,30,32);1H3,(H2,3,4). The van der Waals surface area contributed by atoms with Crippen molar-refractivity contribution in [3.8, 4) is 11.5 Å². The number of phenolic OH excluding ortho intramolecular Hbond substituents is 1. The molecule has 0 spiro atoms. The summed E-state index contributed by atoms with van der Waals surface area (Å²) in [5, 5.41) is 15.4. The Labute approximate surface area is 230 Å². The van der Waals surface area contributed by atoms with Crippen molar-refractivity contribution in [2.24, 2.45) is 5.73 Å². The lowest BCUT2D eigenvalue weighted by atomic mass is 9.96. The molecule has 1 aromatic heterocycles. The topological polar surface area (TPSA) is 118 Å². The maximum absolute atomic E-state index is 12.9. The molecule has 38 heavy (non-hydrogen) atoms. The zero-order chi connectivity index (χ0) is 27.8. The number of carbonyl (C=O) groups is 2. The molecule has 3 aromatic carbocycles. The number of rotatable bonds is 7. The lowest BCUT2D eigenvalue weighted by molar-refractivity contribution is -0.123. The first kappa shape index (κ1) is 28.6. The van der Waals surface area contributed by atoms with E-state index in [-0.39, 0.29) is 18.3 Å². The molecule has 0 saturated heterocycles. The molecule has 1 heterocycles. The van der Waals surface area contributed by atoms with E-state index in [1.807, 2.05) is 43.3 Å². The van der Waals surface area contributed by atoms with Crippen LogP contribution in [0.15, 0.2) is 72.9 Å². The highest BCUT2D eigenvalue weighted by molar-refractivity contribution is 6.35. The minimum absolute atomic E-state index is 0.0789. The Morgan fingerprint density at radius 2 is 1.74 bits per heavy atom. The summed E-state index contributed by atoms with van der Waals surface area (Å²) in [6.07, 6.45) is 1.57. The Balaban J connectivity index is 0.000000934. The van der Waals surface area contributed by atoms with Gasteiger partial charge in [0.25, 0.3) is 5.91 Å². The molecule has 0 saturated carbocycles. The van der Waals surface area contributed by atoms with Gasteiger partial charge in [0, 0.05) is 54.9 Å². The third-order valence-corrected chi connectivity index (χ3v) is 6.04. The highest BCUT2D eigenvalue weighted by Crippen LogP contribution is 2.39. The van der Waals surface area contributed by atoms with Crippen LogP contribution in [0.5, 0.6) is 11.5 Å². The van der Waals surface area contributed by atoms with Crippen LogP contribution in [-0.4, -0.2) is 42.6 Å². The van der Waals surface area contributed by atoms with Crippen molar-refractivity contribution < 1.29 is 19.4 Å². The number of carbonyl (C=O) groups excluding carboxylic acids is 2. The van der Waals surface area contributed by atoms with E-state index >= 15 is 0 Å². The number of primary amides is 1. The van der Waals surface area contributed by atoms with Gasteiger partial charge in [-0.25, -0.2) is 0 Å². The van der Waals surface area contributed by atoms with Crippen molar-refractivity contribution >= 4 is 51.6 Å². The molecule has 0 fully saturated rings. The van der Waals surface area contributed by atoms with Crippen LogP contribution in [0.2, 0.25) is 10.0 Å². The summed E-state index contributed by atoms with van der Waals surface area (Å²) in [6, 6.07) is 18.9. The van der Waals surface area contributed by atoms with Gasteiger partial charge in [-0.05, 0) is 42.0 Å². The van der Waals surface area contributed by atoms with Gasteiger partial charge < -0.3 is 25.8 Å². The molecular formula is C28H28Cl2N4O4. The largest absolute Gasteiger partial charge is 0.505 e. The number of phenols is 1. The number of nitrogens with zero attached hydrogens (tertiary/aromatic N) is 2. The SMILES string of the molecule is CC(N)=O.CN(C)c1cccc(OCC(=O)NC(c2ccccc2Cl)c2cc(Cl)c3cccnc3c2O)c1. The first-order valence-corrected chi connectivity index (χ1v) is 12.3.